The summed E-state index contributed by atoms with van der Waals surface area (Å²) in [5.41, 5.74) is 4.67. The van der Waals surface area contributed by atoms with Crippen LogP contribution in [0.2, 0.25) is 5.02 Å². The molecule has 0 amide bonds. The van der Waals surface area contributed by atoms with Gasteiger partial charge in [-0.05, 0) is 50.7 Å². The van der Waals surface area contributed by atoms with Crippen molar-refractivity contribution in [3.8, 4) is 0 Å². The fourth-order valence-electron chi connectivity index (χ4n) is 3.62. The number of nitrogens with two attached hydrogens (primary N) is 1. The Hall–Kier alpha value is -2.30. The van der Waals surface area contributed by atoms with E-state index in [4.69, 9.17) is 20.8 Å². The van der Waals surface area contributed by atoms with Crippen LogP contribution in [0.3, 0.4) is 0 Å². The Balaban J connectivity index is 0.00000141. The number of rotatable bonds is 7. The Morgan fingerprint density at radius 2 is 1.78 bits per heavy atom. The van der Waals surface area contributed by atoms with Crippen LogP contribution in [0.15, 0.2) is 43.2 Å². The number of furan rings is 1. The first-order valence-corrected chi connectivity index (χ1v) is 11.1. The molecule has 2 heterocycles. The fraction of sp³-hybridized carbons (Fsp3) is 0.364. The number of halogens is 1. The van der Waals surface area contributed by atoms with E-state index in [0.29, 0.717) is 52.2 Å². The molecule has 2 aromatic carbocycles. The lowest BCUT2D eigenvalue weighted by atomic mass is 9.79. The highest BCUT2D eigenvalue weighted by Crippen LogP contribution is 2.43. The van der Waals surface area contributed by atoms with Gasteiger partial charge in [0.05, 0.1) is 29.2 Å². The summed E-state index contributed by atoms with van der Waals surface area (Å²) in [5, 5.41) is 6.66. The van der Waals surface area contributed by atoms with Crippen LogP contribution in [-0.2, 0) is 4.74 Å². The summed E-state index contributed by atoms with van der Waals surface area (Å²) in [6, 6.07) is 6.71. The average molecular weight is 480 g/mol. The zero-order chi connectivity index (χ0) is 23.6. The Morgan fingerprint density at radius 1 is 1.12 bits per heavy atom. The predicted octanol–water partition coefficient (Wildman–Crippen LogP) is 4.22. The van der Waals surface area contributed by atoms with Gasteiger partial charge in [-0.15, -0.1) is 0 Å². The van der Waals surface area contributed by atoms with Gasteiger partial charge in [-0.1, -0.05) is 18.5 Å². The molecule has 0 spiro atoms. The SMILES string of the molecule is CN.Cc1ccc([C@H](Nc2c(Nc3ccc(Cl)c(SO)c3C)c(=O)c2=O)C2(C)COC2)o1. The third kappa shape index (κ3) is 4.31. The van der Waals surface area contributed by atoms with Gasteiger partial charge in [0.2, 0.25) is 0 Å². The Labute approximate surface area is 195 Å². The molecule has 0 unspecified atom stereocenters. The van der Waals surface area contributed by atoms with Crippen LogP contribution in [0.25, 0.3) is 0 Å². The number of hydrogen-bond donors (Lipinski definition) is 4. The van der Waals surface area contributed by atoms with Crippen LogP contribution in [0.1, 0.15) is 30.0 Å². The van der Waals surface area contributed by atoms with Crippen molar-refractivity contribution in [3.05, 3.63) is 66.8 Å². The normalized spacial score (nSPS) is 15.5. The minimum atomic E-state index is -0.602. The Kier molecular flexibility index (Phi) is 7.36. The van der Waals surface area contributed by atoms with E-state index in [1.54, 1.807) is 19.1 Å². The number of aryl methyl sites for hydroxylation is 1. The van der Waals surface area contributed by atoms with Crippen molar-refractivity contribution < 1.29 is 13.7 Å². The van der Waals surface area contributed by atoms with Crippen molar-refractivity contribution in [2.24, 2.45) is 11.1 Å². The summed E-state index contributed by atoms with van der Waals surface area (Å²) in [6.07, 6.45) is 0. The van der Waals surface area contributed by atoms with Crippen LogP contribution < -0.4 is 27.2 Å². The van der Waals surface area contributed by atoms with E-state index in [2.05, 4.69) is 16.4 Å². The highest BCUT2D eigenvalue weighted by Gasteiger charge is 2.45. The molecule has 1 aromatic heterocycles. The molecule has 10 heteroatoms. The van der Waals surface area contributed by atoms with Gasteiger partial charge in [0.1, 0.15) is 22.9 Å². The summed E-state index contributed by atoms with van der Waals surface area (Å²) in [5.74, 6) is 1.44. The Morgan fingerprint density at radius 3 is 2.31 bits per heavy atom. The topological polar surface area (TPSA) is 127 Å². The first-order chi connectivity index (χ1) is 15.2. The van der Waals surface area contributed by atoms with E-state index in [9.17, 15) is 14.1 Å². The van der Waals surface area contributed by atoms with E-state index in [1.807, 2.05) is 26.0 Å². The number of hydrogen-bond acceptors (Lipinski definition) is 9. The van der Waals surface area contributed by atoms with Crippen LogP contribution >= 0.6 is 23.6 Å². The molecule has 0 radical (unpaired) electrons. The van der Waals surface area contributed by atoms with Crippen molar-refractivity contribution >= 4 is 40.7 Å². The number of benzene rings is 1. The Bertz CT molecular complexity index is 1180. The third-order valence-electron chi connectivity index (χ3n) is 5.51. The summed E-state index contributed by atoms with van der Waals surface area (Å²) < 4.78 is 20.7. The van der Waals surface area contributed by atoms with Crippen LogP contribution in [0, 0.1) is 19.3 Å². The summed E-state index contributed by atoms with van der Waals surface area (Å²) in [6.45, 7) is 6.68. The zero-order valence-electron chi connectivity index (χ0n) is 18.2. The maximum atomic E-state index is 12.4. The van der Waals surface area contributed by atoms with E-state index in [0.717, 1.165) is 5.76 Å². The first kappa shape index (κ1) is 24.3. The third-order valence-corrected chi connectivity index (χ3v) is 6.65. The van der Waals surface area contributed by atoms with E-state index < -0.39 is 10.9 Å². The minimum Gasteiger partial charge on any atom is -0.464 e. The molecule has 1 aliphatic heterocycles. The fourth-order valence-corrected chi connectivity index (χ4v) is 4.33. The zero-order valence-corrected chi connectivity index (χ0v) is 19.8. The molecule has 0 bridgehead atoms. The molecular weight excluding hydrogens is 454 g/mol. The van der Waals surface area contributed by atoms with Crippen molar-refractivity contribution in [3.63, 3.8) is 0 Å². The minimum absolute atomic E-state index is 0.177. The van der Waals surface area contributed by atoms with Gasteiger partial charge >= 0.3 is 0 Å². The molecule has 1 saturated heterocycles. The van der Waals surface area contributed by atoms with Gasteiger partial charge in [0.15, 0.2) is 0 Å². The largest absolute Gasteiger partial charge is 0.464 e. The molecule has 4 rings (SSSR count). The molecule has 1 atom stereocenters. The van der Waals surface area contributed by atoms with Crippen LogP contribution in [0.5, 0.6) is 0 Å². The second-order valence-corrected chi connectivity index (χ2v) is 8.84. The molecule has 1 aliphatic rings. The highest BCUT2D eigenvalue weighted by atomic mass is 35.5. The number of ether oxygens (including phenoxy) is 1. The molecule has 1 fully saturated rings. The van der Waals surface area contributed by atoms with Crippen molar-refractivity contribution in [2.75, 3.05) is 30.9 Å². The molecule has 8 nitrogen and oxygen atoms in total. The smallest absolute Gasteiger partial charge is 0.253 e. The van der Waals surface area contributed by atoms with E-state index >= 15 is 0 Å². The van der Waals surface area contributed by atoms with Gasteiger partial charge in [-0.3, -0.25) is 9.59 Å². The van der Waals surface area contributed by atoms with Crippen LogP contribution in [-0.4, -0.2) is 24.8 Å². The van der Waals surface area contributed by atoms with Crippen LogP contribution in [0.4, 0.5) is 17.1 Å². The summed E-state index contributed by atoms with van der Waals surface area (Å²) in [4.78, 5) is 25.2. The van der Waals surface area contributed by atoms with E-state index in [-0.39, 0.29) is 22.8 Å². The lowest BCUT2D eigenvalue weighted by Crippen LogP contribution is -2.49. The quantitative estimate of drug-likeness (QED) is 0.291. The molecular formula is C22H26ClN3O5S. The summed E-state index contributed by atoms with van der Waals surface area (Å²) >= 11 is 6.63. The average Bonchev–Trinajstić information content (AvgIpc) is 3.20. The second kappa shape index (κ2) is 9.68. The standard InChI is InChI=1S/C21H21ClN2O5S.CH5N/c1-10-4-7-14(29-10)20(21(3)8-28-9-21)24-16-15(17(25)18(16)26)23-13-6-5-12(22)19(30-27)11(13)2;1-2/h4-7,20,23-24,27H,8-9H2,1-3H3;2H2,1H3/t20-;/m0./s1. The monoisotopic (exact) mass is 479 g/mol. The second-order valence-electron chi connectivity index (χ2n) is 7.85. The van der Waals surface area contributed by atoms with E-state index in [1.165, 1.54) is 7.05 Å². The number of anilines is 3. The molecule has 172 valence electrons. The maximum Gasteiger partial charge on any atom is 0.253 e. The highest BCUT2D eigenvalue weighted by molar-refractivity contribution is 7.94. The molecule has 5 N–H and O–H groups in total. The molecule has 0 saturated carbocycles. The van der Waals surface area contributed by atoms with Gasteiger partial charge in [0, 0.05) is 23.1 Å². The van der Waals surface area contributed by atoms with Gasteiger partial charge < -0.3 is 30.1 Å². The van der Waals surface area contributed by atoms with Crippen molar-refractivity contribution in [1.29, 1.82) is 0 Å². The summed E-state index contributed by atoms with van der Waals surface area (Å²) in [7, 11) is 1.50. The molecule has 32 heavy (non-hydrogen) atoms. The van der Waals surface area contributed by atoms with Gasteiger partial charge in [0.25, 0.3) is 10.9 Å². The lowest BCUT2D eigenvalue weighted by molar-refractivity contribution is -0.115. The molecule has 3 aromatic rings. The molecule has 0 aliphatic carbocycles. The van der Waals surface area contributed by atoms with Gasteiger partial charge in [-0.25, -0.2) is 0 Å². The first-order valence-electron chi connectivity index (χ1n) is 9.94. The maximum absolute atomic E-state index is 12.4. The van der Waals surface area contributed by atoms with Gasteiger partial charge in [-0.2, -0.15) is 0 Å². The van der Waals surface area contributed by atoms with Crippen molar-refractivity contribution in [2.45, 2.75) is 31.7 Å². The lowest BCUT2D eigenvalue weighted by Gasteiger charge is -2.44. The predicted molar refractivity (Wildman–Crippen MR) is 128 cm³/mol. The number of nitrogens with one attached hydrogen (secondary N) is 2. The van der Waals surface area contributed by atoms with Crippen molar-refractivity contribution in [1.82, 2.24) is 0 Å².